The number of halogens is 2. The Kier molecular flexibility index (Phi) is 6.73. The van der Waals surface area contributed by atoms with Gasteiger partial charge in [-0.3, -0.25) is 0 Å². The molecule has 6 rings (SSSR count). The van der Waals surface area contributed by atoms with Gasteiger partial charge < -0.3 is 5.11 Å². The Morgan fingerprint density at radius 1 is 0.707 bits per heavy atom. The van der Waals surface area contributed by atoms with E-state index in [9.17, 15) is 14.3 Å². The highest BCUT2D eigenvalue weighted by Crippen LogP contribution is 2.43. The Labute approximate surface area is 235 Å². The van der Waals surface area contributed by atoms with Crippen molar-refractivity contribution >= 4 is 29.0 Å². The van der Waals surface area contributed by atoms with E-state index in [1.807, 2.05) is 91.0 Å². The van der Waals surface area contributed by atoms with Crippen LogP contribution in [0.4, 0.5) is 8.78 Å². The number of fused-ring (bicyclic) bond motifs is 1. The van der Waals surface area contributed by atoms with Gasteiger partial charge in [-0.2, -0.15) is 5.10 Å². The van der Waals surface area contributed by atoms with E-state index in [0.717, 1.165) is 16.7 Å². The van der Waals surface area contributed by atoms with Gasteiger partial charge in [0, 0.05) is 11.5 Å². The van der Waals surface area contributed by atoms with Crippen molar-refractivity contribution in [1.82, 2.24) is 9.78 Å². The largest absolute Gasteiger partial charge is 0.478 e. The molecule has 1 N–H and O–H groups in total. The molecule has 0 amide bonds. The SMILES string of the molecule is O=C(O)c1cc2c(C=Cc3cccc(F)c3)nn(C(c3ccccc3)(c3ccccc3)c3ccccc3)c2cc1F. The highest BCUT2D eigenvalue weighted by Gasteiger charge is 2.41. The second kappa shape index (κ2) is 10.7. The minimum atomic E-state index is -1.38. The maximum absolute atomic E-state index is 15.4. The second-order valence-electron chi connectivity index (χ2n) is 9.65. The molecule has 1 aromatic heterocycles. The summed E-state index contributed by atoms with van der Waals surface area (Å²) in [5.41, 5.74) is 2.56. The fourth-order valence-corrected chi connectivity index (χ4v) is 5.39. The van der Waals surface area contributed by atoms with Gasteiger partial charge in [0.05, 0.1) is 16.8 Å². The lowest BCUT2D eigenvalue weighted by Gasteiger charge is -2.37. The van der Waals surface area contributed by atoms with E-state index in [-0.39, 0.29) is 5.82 Å². The third-order valence-corrected chi connectivity index (χ3v) is 7.20. The maximum Gasteiger partial charge on any atom is 0.338 e. The van der Waals surface area contributed by atoms with E-state index in [1.54, 1.807) is 29.0 Å². The van der Waals surface area contributed by atoms with Gasteiger partial charge in [-0.1, -0.05) is 109 Å². The molecule has 0 aliphatic rings. The van der Waals surface area contributed by atoms with Crippen LogP contribution in [0.5, 0.6) is 0 Å². The number of benzene rings is 5. The summed E-state index contributed by atoms with van der Waals surface area (Å²) in [6.45, 7) is 0. The molecule has 41 heavy (non-hydrogen) atoms. The van der Waals surface area contributed by atoms with E-state index >= 15 is 4.39 Å². The Morgan fingerprint density at radius 2 is 1.27 bits per heavy atom. The van der Waals surface area contributed by atoms with Crippen molar-refractivity contribution in [1.29, 1.82) is 0 Å². The van der Waals surface area contributed by atoms with Crippen LogP contribution in [0.3, 0.4) is 0 Å². The molecule has 5 aromatic carbocycles. The van der Waals surface area contributed by atoms with E-state index in [2.05, 4.69) is 0 Å². The Hall–Kier alpha value is -5.36. The molecule has 200 valence electrons. The highest BCUT2D eigenvalue weighted by molar-refractivity contribution is 5.97. The van der Waals surface area contributed by atoms with Crippen LogP contribution in [0.25, 0.3) is 23.1 Å². The van der Waals surface area contributed by atoms with Crippen LogP contribution in [0, 0.1) is 11.6 Å². The van der Waals surface area contributed by atoms with Crippen molar-refractivity contribution in [3.8, 4) is 0 Å². The van der Waals surface area contributed by atoms with Gasteiger partial charge in [0.1, 0.15) is 17.2 Å². The molecule has 0 spiro atoms. The zero-order chi connectivity index (χ0) is 28.4. The molecule has 0 aliphatic heterocycles. The molecule has 0 aliphatic carbocycles. The Morgan fingerprint density at radius 3 is 1.78 bits per heavy atom. The summed E-state index contributed by atoms with van der Waals surface area (Å²) in [5.74, 6) is -2.62. The van der Waals surface area contributed by atoms with Crippen LogP contribution in [0.15, 0.2) is 127 Å². The predicted octanol–water partition coefficient (Wildman–Crippen LogP) is 8.02. The third kappa shape index (κ3) is 4.59. The normalized spacial score (nSPS) is 11.8. The summed E-state index contributed by atoms with van der Waals surface area (Å²) in [6, 6.07) is 38.1. The average molecular weight is 543 g/mol. The van der Waals surface area contributed by atoms with Crippen LogP contribution in [0.1, 0.15) is 38.3 Å². The number of carboxylic acid groups (broad SMARTS) is 1. The van der Waals surface area contributed by atoms with E-state index in [1.165, 1.54) is 24.3 Å². The van der Waals surface area contributed by atoms with Crippen LogP contribution in [-0.2, 0) is 5.54 Å². The van der Waals surface area contributed by atoms with E-state index in [4.69, 9.17) is 5.10 Å². The first-order valence-corrected chi connectivity index (χ1v) is 13.0. The molecule has 0 radical (unpaired) electrons. The number of hydrogen-bond acceptors (Lipinski definition) is 2. The van der Waals surface area contributed by atoms with E-state index < -0.39 is 22.9 Å². The molecule has 0 atom stereocenters. The lowest BCUT2D eigenvalue weighted by atomic mass is 9.77. The molecule has 0 unspecified atom stereocenters. The van der Waals surface area contributed by atoms with Crippen molar-refractivity contribution in [2.45, 2.75) is 5.54 Å². The molecule has 6 heteroatoms. The standard InChI is InChI=1S/C35H24F2N2O2/c36-28-18-10-11-24(21-28)19-20-32-30-22-29(34(40)41)31(37)23-33(30)39(38-32)35(25-12-4-1-5-13-25,26-14-6-2-7-15-26)27-16-8-3-9-17-27/h1-23H,(H,40,41). The minimum absolute atomic E-state index is 0.381. The zero-order valence-corrected chi connectivity index (χ0v) is 21.8. The molecule has 4 nitrogen and oxygen atoms in total. The predicted molar refractivity (Wildman–Crippen MR) is 157 cm³/mol. The van der Waals surface area contributed by atoms with Gasteiger partial charge in [-0.25, -0.2) is 18.3 Å². The lowest BCUT2D eigenvalue weighted by Crippen LogP contribution is -2.38. The average Bonchev–Trinajstić information content (AvgIpc) is 3.35. The molecular weight excluding hydrogens is 518 g/mol. The number of carbonyl (C=O) groups is 1. The number of rotatable bonds is 7. The second-order valence-corrected chi connectivity index (χ2v) is 9.65. The first-order valence-electron chi connectivity index (χ1n) is 13.0. The lowest BCUT2D eigenvalue weighted by molar-refractivity contribution is 0.0692. The molecule has 0 bridgehead atoms. The fourth-order valence-electron chi connectivity index (χ4n) is 5.39. The molecular formula is C35H24F2N2O2. The summed E-state index contributed by atoms with van der Waals surface area (Å²) >= 11 is 0. The summed E-state index contributed by atoms with van der Waals surface area (Å²) < 4.78 is 31.0. The maximum atomic E-state index is 15.4. The zero-order valence-electron chi connectivity index (χ0n) is 21.8. The highest BCUT2D eigenvalue weighted by atomic mass is 19.1. The summed E-state index contributed by atoms with van der Waals surface area (Å²) in [6.07, 6.45) is 3.40. The van der Waals surface area contributed by atoms with Crippen molar-refractivity contribution in [2.75, 3.05) is 0 Å². The molecule has 0 fully saturated rings. The molecule has 1 heterocycles. The third-order valence-electron chi connectivity index (χ3n) is 7.20. The number of aromatic nitrogens is 2. The van der Waals surface area contributed by atoms with Gasteiger partial charge in [0.15, 0.2) is 0 Å². The van der Waals surface area contributed by atoms with Crippen LogP contribution < -0.4 is 0 Å². The van der Waals surface area contributed by atoms with Crippen molar-refractivity contribution in [2.24, 2.45) is 0 Å². The number of aromatic carboxylic acids is 1. The van der Waals surface area contributed by atoms with Crippen molar-refractivity contribution in [3.05, 3.63) is 173 Å². The van der Waals surface area contributed by atoms with Crippen LogP contribution in [0.2, 0.25) is 0 Å². The van der Waals surface area contributed by atoms with Gasteiger partial charge in [-0.15, -0.1) is 0 Å². The van der Waals surface area contributed by atoms with Gasteiger partial charge >= 0.3 is 5.97 Å². The Balaban J connectivity index is 1.74. The van der Waals surface area contributed by atoms with E-state index in [0.29, 0.717) is 22.2 Å². The topological polar surface area (TPSA) is 55.1 Å². The summed E-state index contributed by atoms with van der Waals surface area (Å²) in [4.78, 5) is 11.9. The van der Waals surface area contributed by atoms with Crippen molar-refractivity contribution < 1.29 is 18.7 Å². The number of nitrogens with zero attached hydrogens (tertiary/aromatic N) is 2. The Bertz CT molecular complexity index is 1790. The van der Waals surface area contributed by atoms with Gasteiger partial charge in [-0.05, 0) is 46.5 Å². The molecule has 0 saturated carbocycles. The number of hydrogen-bond donors (Lipinski definition) is 1. The fraction of sp³-hybridized carbons (Fsp3) is 0.0286. The minimum Gasteiger partial charge on any atom is -0.478 e. The molecule has 0 saturated heterocycles. The molecule has 6 aromatic rings. The summed E-state index contributed by atoms with van der Waals surface area (Å²) in [7, 11) is 0. The monoisotopic (exact) mass is 542 g/mol. The van der Waals surface area contributed by atoms with Crippen molar-refractivity contribution in [3.63, 3.8) is 0 Å². The van der Waals surface area contributed by atoms with Gasteiger partial charge in [0.2, 0.25) is 0 Å². The first-order chi connectivity index (χ1) is 20.0. The quantitative estimate of drug-likeness (QED) is 0.208. The van der Waals surface area contributed by atoms with Gasteiger partial charge in [0.25, 0.3) is 0 Å². The van der Waals surface area contributed by atoms with Crippen LogP contribution >= 0.6 is 0 Å². The number of carboxylic acids is 1. The smallest absolute Gasteiger partial charge is 0.338 e. The van der Waals surface area contributed by atoms with Crippen LogP contribution in [-0.4, -0.2) is 20.9 Å². The summed E-state index contributed by atoms with van der Waals surface area (Å²) in [5, 5.41) is 15.2. The first kappa shape index (κ1) is 25.9.